The molecule has 1 fully saturated rings. The number of rotatable bonds is 6. The molecule has 0 bridgehead atoms. The van der Waals surface area contributed by atoms with Crippen molar-refractivity contribution in [1.82, 2.24) is 9.78 Å². The van der Waals surface area contributed by atoms with Gasteiger partial charge in [-0.3, -0.25) is 4.79 Å². The molecule has 1 aromatic heterocycles. The summed E-state index contributed by atoms with van der Waals surface area (Å²) in [5, 5.41) is 18.7. The molecule has 0 amide bonds. The van der Waals surface area contributed by atoms with Gasteiger partial charge in [0.05, 0.1) is 23.2 Å². The molecule has 0 aliphatic heterocycles. The molecule has 134 valence electrons. The standard InChI is InChI=1S/C17H19Cl2N3O2S/c1-2-25-14-7-8-17(14,24)10-20-13-9-21-22(16(23)15(13)19)12-5-3-11(18)4-6-12/h3-6,9,14,20,24H,2,7-8,10H2,1H3. The zero-order valence-electron chi connectivity index (χ0n) is 13.7. The van der Waals surface area contributed by atoms with Crippen molar-refractivity contribution in [2.24, 2.45) is 0 Å². The summed E-state index contributed by atoms with van der Waals surface area (Å²) in [4.78, 5) is 12.5. The van der Waals surface area contributed by atoms with Gasteiger partial charge in [-0.15, -0.1) is 0 Å². The molecule has 2 atom stereocenters. The lowest BCUT2D eigenvalue weighted by Gasteiger charge is -2.45. The van der Waals surface area contributed by atoms with Crippen molar-refractivity contribution < 1.29 is 5.11 Å². The van der Waals surface area contributed by atoms with E-state index in [1.165, 1.54) is 10.9 Å². The first kappa shape index (κ1) is 18.6. The molecule has 1 aromatic carbocycles. The Balaban J connectivity index is 1.77. The Morgan fingerprint density at radius 3 is 2.72 bits per heavy atom. The Kier molecular flexibility index (Phi) is 5.63. The van der Waals surface area contributed by atoms with Crippen LogP contribution in [-0.4, -0.2) is 38.0 Å². The van der Waals surface area contributed by atoms with Crippen LogP contribution in [0, 0.1) is 0 Å². The highest BCUT2D eigenvalue weighted by atomic mass is 35.5. The fourth-order valence-electron chi connectivity index (χ4n) is 2.81. The Hall–Kier alpha value is -1.21. The van der Waals surface area contributed by atoms with Gasteiger partial charge in [-0.25, -0.2) is 0 Å². The van der Waals surface area contributed by atoms with Crippen molar-refractivity contribution in [1.29, 1.82) is 0 Å². The van der Waals surface area contributed by atoms with Gasteiger partial charge in [0.1, 0.15) is 5.02 Å². The van der Waals surface area contributed by atoms with Gasteiger partial charge in [-0.1, -0.05) is 30.1 Å². The normalized spacial score (nSPS) is 22.5. The van der Waals surface area contributed by atoms with Gasteiger partial charge in [0, 0.05) is 16.8 Å². The van der Waals surface area contributed by atoms with Crippen LogP contribution in [0.15, 0.2) is 35.3 Å². The van der Waals surface area contributed by atoms with Gasteiger partial charge in [0.15, 0.2) is 0 Å². The van der Waals surface area contributed by atoms with Gasteiger partial charge in [0.25, 0.3) is 5.56 Å². The fourth-order valence-corrected chi connectivity index (χ4v) is 4.33. The predicted octanol–water partition coefficient (Wildman–Crippen LogP) is 3.60. The van der Waals surface area contributed by atoms with Crippen LogP contribution in [0.25, 0.3) is 5.69 Å². The fraction of sp³-hybridized carbons (Fsp3) is 0.412. The molecule has 2 N–H and O–H groups in total. The summed E-state index contributed by atoms with van der Waals surface area (Å²) in [6, 6.07) is 6.76. The number of hydrogen-bond donors (Lipinski definition) is 2. The maximum absolute atomic E-state index is 12.5. The number of hydrogen-bond acceptors (Lipinski definition) is 5. The molecule has 1 saturated carbocycles. The van der Waals surface area contributed by atoms with Crippen LogP contribution >= 0.6 is 35.0 Å². The first-order valence-electron chi connectivity index (χ1n) is 8.06. The second kappa shape index (κ2) is 7.58. The molecular weight excluding hydrogens is 381 g/mol. The lowest BCUT2D eigenvalue weighted by atomic mass is 9.79. The van der Waals surface area contributed by atoms with Gasteiger partial charge < -0.3 is 10.4 Å². The monoisotopic (exact) mass is 399 g/mol. The largest absolute Gasteiger partial charge is 0.387 e. The number of benzene rings is 1. The molecule has 1 aliphatic rings. The lowest BCUT2D eigenvalue weighted by molar-refractivity contribution is -0.0120. The van der Waals surface area contributed by atoms with Crippen molar-refractivity contribution in [2.75, 3.05) is 17.6 Å². The van der Waals surface area contributed by atoms with Crippen molar-refractivity contribution in [3.63, 3.8) is 0 Å². The van der Waals surface area contributed by atoms with E-state index in [1.54, 1.807) is 36.0 Å². The number of aliphatic hydroxyl groups is 1. The van der Waals surface area contributed by atoms with E-state index in [0.717, 1.165) is 18.6 Å². The minimum absolute atomic E-state index is 0.0487. The Morgan fingerprint density at radius 1 is 1.40 bits per heavy atom. The third-order valence-corrected chi connectivity index (χ3v) is 6.41. The average molecular weight is 400 g/mol. The highest BCUT2D eigenvalue weighted by molar-refractivity contribution is 8.00. The molecule has 0 saturated heterocycles. The smallest absolute Gasteiger partial charge is 0.292 e. The van der Waals surface area contributed by atoms with Crippen molar-refractivity contribution in [3.05, 3.63) is 50.9 Å². The van der Waals surface area contributed by atoms with Crippen LogP contribution in [0.1, 0.15) is 19.8 Å². The SMILES string of the molecule is CCSC1CCC1(O)CNc1cnn(-c2ccc(Cl)cc2)c(=O)c1Cl. The Morgan fingerprint density at radius 2 is 2.12 bits per heavy atom. The molecule has 5 nitrogen and oxygen atoms in total. The number of nitrogens with one attached hydrogen (secondary N) is 1. The molecule has 1 aliphatic carbocycles. The topological polar surface area (TPSA) is 67.2 Å². The highest BCUT2D eigenvalue weighted by Crippen LogP contribution is 2.41. The van der Waals surface area contributed by atoms with Crippen LogP contribution in [0.4, 0.5) is 5.69 Å². The van der Waals surface area contributed by atoms with Crippen LogP contribution < -0.4 is 10.9 Å². The van der Waals surface area contributed by atoms with E-state index in [2.05, 4.69) is 17.3 Å². The van der Waals surface area contributed by atoms with E-state index in [9.17, 15) is 9.90 Å². The Bertz CT molecular complexity index is 813. The van der Waals surface area contributed by atoms with E-state index >= 15 is 0 Å². The Labute approximate surface area is 160 Å². The van der Waals surface area contributed by atoms with Gasteiger partial charge in [-0.05, 0) is 42.9 Å². The minimum atomic E-state index is -0.769. The molecular formula is C17H19Cl2N3O2S. The zero-order valence-corrected chi connectivity index (χ0v) is 16.0. The number of nitrogens with zero attached hydrogens (tertiary/aromatic N) is 2. The molecule has 2 aromatic rings. The maximum Gasteiger partial charge on any atom is 0.292 e. The van der Waals surface area contributed by atoms with E-state index in [4.69, 9.17) is 23.2 Å². The summed E-state index contributed by atoms with van der Waals surface area (Å²) < 4.78 is 1.22. The third-order valence-electron chi connectivity index (χ3n) is 4.38. The van der Waals surface area contributed by atoms with Gasteiger partial charge in [0.2, 0.25) is 0 Å². The summed E-state index contributed by atoms with van der Waals surface area (Å²) in [5.41, 5.74) is -0.180. The molecule has 0 spiro atoms. The molecule has 1 heterocycles. The first-order chi connectivity index (χ1) is 11.9. The molecule has 0 radical (unpaired) electrons. The lowest BCUT2D eigenvalue weighted by Crippen LogP contribution is -2.54. The number of thioether (sulfide) groups is 1. The van der Waals surface area contributed by atoms with Crippen molar-refractivity contribution in [2.45, 2.75) is 30.6 Å². The summed E-state index contributed by atoms with van der Waals surface area (Å²) in [5.74, 6) is 0.965. The third kappa shape index (κ3) is 3.82. The predicted molar refractivity (Wildman–Crippen MR) is 104 cm³/mol. The summed E-state index contributed by atoms with van der Waals surface area (Å²) in [6.07, 6.45) is 3.24. The van der Waals surface area contributed by atoms with E-state index in [1.807, 2.05) is 0 Å². The van der Waals surface area contributed by atoms with Crippen molar-refractivity contribution >= 4 is 40.7 Å². The first-order valence-corrected chi connectivity index (χ1v) is 9.86. The van der Waals surface area contributed by atoms with Gasteiger partial charge in [-0.2, -0.15) is 21.5 Å². The maximum atomic E-state index is 12.5. The van der Waals surface area contributed by atoms with E-state index in [-0.39, 0.29) is 10.3 Å². The highest BCUT2D eigenvalue weighted by Gasteiger charge is 2.45. The summed E-state index contributed by atoms with van der Waals surface area (Å²) >= 11 is 13.8. The quantitative estimate of drug-likeness (QED) is 0.776. The van der Waals surface area contributed by atoms with E-state index < -0.39 is 11.2 Å². The summed E-state index contributed by atoms with van der Waals surface area (Å²) in [7, 11) is 0. The zero-order chi connectivity index (χ0) is 18.0. The second-order valence-corrected chi connectivity index (χ2v) is 8.30. The molecule has 3 rings (SSSR count). The van der Waals surface area contributed by atoms with Crippen LogP contribution in [0.5, 0.6) is 0 Å². The summed E-state index contributed by atoms with van der Waals surface area (Å²) in [6.45, 7) is 2.42. The minimum Gasteiger partial charge on any atom is -0.387 e. The van der Waals surface area contributed by atoms with E-state index in [0.29, 0.717) is 22.9 Å². The van der Waals surface area contributed by atoms with Crippen LogP contribution in [-0.2, 0) is 0 Å². The molecule has 8 heteroatoms. The molecule has 25 heavy (non-hydrogen) atoms. The second-order valence-electron chi connectivity index (χ2n) is 6.01. The molecule has 2 unspecified atom stereocenters. The number of anilines is 1. The van der Waals surface area contributed by atoms with Crippen LogP contribution in [0.2, 0.25) is 10.0 Å². The number of aromatic nitrogens is 2. The number of halogens is 2. The van der Waals surface area contributed by atoms with Crippen LogP contribution in [0.3, 0.4) is 0 Å². The average Bonchev–Trinajstić information content (AvgIpc) is 2.61. The van der Waals surface area contributed by atoms with Gasteiger partial charge >= 0.3 is 0 Å². The van der Waals surface area contributed by atoms with Crippen molar-refractivity contribution in [3.8, 4) is 5.69 Å².